The second-order valence-corrected chi connectivity index (χ2v) is 5.52. The van der Waals surface area contributed by atoms with Gasteiger partial charge in [-0.15, -0.1) is 0 Å². The van der Waals surface area contributed by atoms with E-state index < -0.39 is 24.3 Å². The van der Waals surface area contributed by atoms with Crippen LogP contribution in [-0.4, -0.2) is 27.0 Å². The summed E-state index contributed by atoms with van der Waals surface area (Å²) >= 11 is 0. The van der Waals surface area contributed by atoms with Crippen molar-refractivity contribution >= 4 is 11.0 Å². The third-order valence-electron chi connectivity index (χ3n) is 3.85. The summed E-state index contributed by atoms with van der Waals surface area (Å²) in [6.07, 6.45) is -3.19. The lowest BCUT2D eigenvalue weighted by atomic mass is 10.1. The van der Waals surface area contributed by atoms with Gasteiger partial charge in [-0.1, -0.05) is 5.16 Å². The number of aromatic nitrogens is 4. The number of nitrogens with zero attached hydrogens (tertiary/aromatic N) is 3. The molecule has 0 spiro atoms. The van der Waals surface area contributed by atoms with E-state index in [4.69, 9.17) is 4.52 Å². The van der Waals surface area contributed by atoms with Gasteiger partial charge in [0.25, 0.3) is 5.89 Å². The van der Waals surface area contributed by atoms with Crippen LogP contribution in [0.15, 0.2) is 47.2 Å². The normalized spacial score (nSPS) is 11.9. The fourth-order valence-electron chi connectivity index (χ4n) is 2.60. The topological polar surface area (TPSA) is 76.8 Å². The molecule has 0 fully saturated rings. The highest BCUT2D eigenvalue weighted by Crippen LogP contribution is 2.38. The monoisotopic (exact) mass is 378 g/mol. The predicted octanol–water partition coefficient (Wildman–Crippen LogP) is 4.60. The van der Waals surface area contributed by atoms with E-state index >= 15 is 0 Å². The highest BCUT2D eigenvalue weighted by atomic mass is 19.4. The average molecular weight is 378 g/mol. The summed E-state index contributed by atoms with van der Waals surface area (Å²) in [7, 11) is 0. The van der Waals surface area contributed by atoms with E-state index in [0.717, 1.165) is 23.2 Å². The number of rotatable bonds is 4. The molecule has 1 N–H and O–H groups in total. The van der Waals surface area contributed by atoms with Crippen molar-refractivity contribution in [1.29, 1.82) is 0 Å². The van der Waals surface area contributed by atoms with Crippen LogP contribution >= 0.6 is 0 Å². The number of aromatic amines is 1. The van der Waals surface area contributed by atoms with E-state index in [1.165, 1.54) is 12.4 Å². The largest absolute Gasteiger partial charge is 0.462 e. The molecule has 2 aromatic carbocycles. The Morgan fingerprint density at radius 2 is 1.89 bits per heavy atom. The molecule has 0 aliphatic heterocycles. The molecule has 0 saturated carbocycles. The highest BCUT2D eigenvalue weighted by molar-refractivity contribution is 5.80. The van der Waals surface area contributed by atoms with Gasteiger partial charge in [0.1, 0.15) is 5.75 Å². The van der Waals surface area contributed by atoms with Crippen LogP contribution in [0.1, 0.15) is 5.56 Å². The van der Waals surface area contributed by atoms with E-state index in [1.807, 2.05) is 0 Å². The number of alkyl halides is 4. The van der Waals surface area contributed by atoms with Crippen molar-refractivity contribution in [2.75, 3.05) is 6.86 Å². The highest BCUT2D eigenvalue weighted by Gasteiger charge is 2.35. The minimum absolute atomic E-state index is 0.0369. The zero-order chi connectivity index (χ0) is 19.0. The smallest absolute Gasteiger partial charge is 0.419 e. The Balaban J connectivity index is 1.72. The predicted molar refractivity (Wildman–Crippen MR) is 86.4 cm³/mol. The number of imidazole rings is 1. The van der Waals surface area contributed by atoms with Gasteiger partial charge in [-0.25, -0.2) is 9.37 Å². The second-order valence-electron chi connectivity index (χ2n) is 5.52. The molecule has 4 rings (SSSR count). The molecule has 0 radical (unpaired) electrons. The summed E-state index contributed by atoms with van der Waals surface area (Å²) in [5, 5.41) is 3.81. The fourth-order valence-corrected chi connectivity index (χ4v) is 2.60. The number of hydrogen-bond acceptors (Lipinski definition) is 5. The Morgan fingerprint density at radius 3 is 2.67 bits per heavy atom. The molecule has 0 amide bonds. The first-order chi connectivity index (χ1) is 13.0. The number of benzene rings is 2. The van der Waals surface area contributed by atoms with E-state index in [-0.39, 0.29) is 17.3 Å². The average Bonchev–Trinajstić information content (AvgIpc) is 3.30. The standard InChI is InChI=1S/C17H10F4N4O2/c18-7-26-14-4-2-10(5-11(14)17(19,20)21)16-24-15(25-27-16)9-1-3-12-13(6-9)23-8-22-12/h1-6,8H,7H2,(H,22,23). The minimum Gasteiger partial charge on any atom is -0.462 e. The zero-order valence-corrected chi connectivity index (χ0v) is 13.4. The summed E-state index contributed by atoms with van der Waals surface area (Å²) in [6, 6.07) is 8.30. The first-order valence-corrected chi connectivity index (χ1v) is 7.63. The summed E-state index contributed by atoms with van der Waals surface area (Å²) in [6.45, 7) is -1.37. The molecule has 138 valence electrons. The van der Waals surface area contributed by atoms with Gasteiger partial charge in [0.15, 0.2) is 0 Å². The van der Waals surface area contributed by atoms with E-state index in [1.54, 1.807) is 18.2 Å². The summed E-state index contributed by atoms with van der Waals surface area (Å²) in [5.41, 5.74) is 1.02. The number of H-pyrrole nitrogens is 1. The summed E-state index contributed by atoms with van der Waals surface area (Å²) in [5.74, 6) is -0.510. The Hall–Kier alpha value is -3.43. The molecule has 2 heterocycles. The Kier molecular flexibility index (Phi) is 4.02. The molecule has 0 aliphatic carbocycles. The summed E-state index contributed by atoms with van der Waals surface area (Å²) in [4.78, 5) is 11.2. The fraction of sp³-hybridized carbons (Fsp3) is 0.118. The molecule has 0 saturated heterocycles. The number of ether oxygens (including phenoxy) is 1. The van der Waals surface area contributed by atoms with Crippen LogP contribution in [0.2, 0.25) is 0 Å². The van der Waals surface area contributed by atoms with Crippen molar-refractivity contribution in [3.05, 3.63) is 48.3 Å². The SMILES string of the molecule is FCOc1ccc(-c2nc(-c3ccc4nc[nH]c4c3)no2)cc1C(F)(F)F. The maximum absolute atomic E-state index is 13.2. The number of fused-ring (bicyclic) bond motifs is 1. The zero-order valence-electron chi connectivity index (χ0n) is 13.4. The molecule has 27 heavy (non-hydrogen) atoms. The van der Waals surface area contributed by atoms with Crippen molar-refractivity contribution in [2.24, 2.45) is 0 Å². The van der Waals surface area contributed by atoms with Crippen LogP contribution in [0.3, 0.4) is 0 Å². The molecule has 2 aromatic heterocycles. The van der Waals surface area contributed by atoms with Gasteiger partial charge < -0.3 is 14.2 Å². The molecular formula is C17H10F4N4O2. The maximum Gasteiger partial charge on any atom is 0.419 e. The van der Waals surface area contributed by atoms with Crippen molar-refractivity contribution in [2.45, 2.75) is 6.18 Å². The van der Waals surface area contributed by atoms with Gasteiger partial charge in [0.2, 0.25) is 12.7 Å². The molecule has 4 aromatic rings. The Bertz CT molecular complexity index is 1100. The Labute approximate surface area is 148 Å². The van der Waals surface area contributed by atoms with Crippen LogP contribution < -0.4 is 4.74 Å². The third kappa shape index (κ3) is 3.21. The molecule has 0 aliphatic rings. The van der Waals surface area contributed by atoms with Crippen LogP contribution in [0.4, 0.5) is 17.6 Å². The van der Waals surface area contributed by atoms with Crippen LogP contribution in [0.5, 0.6) is 5.75 Å². The van der Waals surface area contributed by atoms with Gasteiger partial charge in [0, 0.05) is 11.1 Å². The van der Waals surface area contributed by atoms with Crippen LogP contribution in [-0.2, 0) is 6.18 Å². The van der Waals surface area contributed by atoms with Crippen molar-refractivity contribution in [3.63, 3.8) is 0 Å². The van der Waals surface area contributed by atoms with Gasteiger partial charge in [-0.2, -0.15) is 18.2 Å². The first kappa shape index (κ1) is 17.0. The van der Waals surface area contributed by atoms with Crippen molar-refractivity contribution in [1.82, 2.24) is 20.1 Å². The van der Waals surface area contributed by atoms with Crippen molar-refractivity contribution in [3.8, 4) is 28.6 Å². The van der Waals surface area contributed by atoms with E-state index in [0.29, 0.717) is 5.56 Å². The molecule has 0 atom stereocenters. The van der Waals surface area contributed by atoms with Gasteiger partial charge in [0.05, 0.1) is 22.9 Å². The minimum atomic E-state index is -4.73. The maximum atomic E-state index is 13.2. The second kappa shape index (κ2) is 6.38. The van der Waals surface area contributed by atoms with Crippen LogP contribution in [0, 0.1) is 0 Å². The van der Waals surface area contributed by atoms with E-state index in [9.17, 15) is 17.6 Å². The van der Waals surface area contributed by atoms with E-state index in [2.05, 4.69) is 24.8 Å². The lowest BCUT2D eigenvalue weighted by molar-refractivity contribution is -0.139. The summed E-state index contributed by atoms with van der Waals surface area (Å²) < 4.78 is 61.3. The first-order valence-electron chi connectivity index (χ1n) is 7.63. The number of nitrogens with one attached hydrogen (secondary N) is 1. The quantitative estimate of drug-likeness (QED) is 0.525. The Morgan fingerprint density at radius 1 is 1.07 bits per heavy atom. The molecule has 6 nitrogen and oxygen atoms in total. The molecule has 10 heteroatoms. The van der Waals surface area contributed by atoms with Crippen molar-refractivity contribution < 1.29 is 26.8 Å². The molecular weight excluding hydrogens is 368 g/mol. The lowest BCUT2D eigenvalue weighted by Crippen LogP contribution is -2.08. The number of halogens is 4. The number of hydrogen-bond donors (Lipinski definition) is 1. The van der Waals surface area contributed by atoms with Gasteiger partial charge >= 0.3 is 6.18 Å². The van der Waals surface area contributed by atoms with Gasteiger partial charge in [-0.05, 0) is 36.4 Å². The molecule has 0 unspecified atom stereocenters. The molecule has 0 bridgehead atoms. The third-order valence-corrected chi connectivity index (χ3v) is 3.85. The van der Waals surface area contributed by atoms with Crippen LogP contribution in [0.25, 0.3) is 33.9 Å². The lowest BCUT2D eigenvalue weighted by Gasteiger charge is -2.12. The van der Waals surface area contributed by atoms with Gasteiger partial charge in [-0.3, -0.25) is 0 Å².